The second-order valence-electron chi connectivity index (χ2n) is 8.79. The van der Waals surface area contributed by atoms with E-state index in [1.54, 1.807) is 9.13 Å². The molecule has 0 saturated heterocycles. The molecule has 5 rings (SSSR count). The van der Waals surface area contributed by atoms with Crippen LogP contribution in [-0.2, 0) is 18.4 Å². The minimum atomic E-state index is -0.973. The fourth-order valence-electron chi connectivity index (χ4n) is 4.90. The number of aromatic nitrogens is 4. The van der Waals surface area contributed by atoms with Crippen LogP contribution in [0, 0.1) is 13.8 Å². The first-order valence-electron chi connectivity index (χ1n) is 11.2. The summed E-state index contributed by atoms with van der Waals surface area (Å²) < 4.78 is 5.33. The van der Waals surface area contributed by atoms with Gasteiger partial charge in [-0.15, -0.1) is 0 Å². The maximum atomic E-state index is 13.9. The molecule has 0 aliphatic rings. The average molecular weight is 455 g/mol. The minimum absolute atomic E-state index is 0.216. The zero-order chi connectivity index (χ0) is 24.0. The van der Waals surface area contributed by atoms with Crippen molar-refractivity contribution < 1.29 is 9.90 Å². The first-order chi connectivity index (χ1) is 16.3. The summed E-state index contributed by atoms with van der Waals surface area (Å²) >= 11 is 0. The Morgan fingerprint density at radius 3 is 2.50 bits per heavy atom. The number of carboxylic acids is 1. The first-order valence-corrected chi connectivity index (χ1v) is 11.2. The van der Waals surface area contributed by atoms with Gasteiger partial charge in [0.1, 0.15) is 0 Å². The Morgan fingerprint density at radius 2 is 1.76 bits per heavy atom. The van der Waals surface area contributed by atoms with Gasteiger partial charge in [-0.05, 0) is 48.7 Å². The lowest BCUT2D eigenvalue weighted by atomic mass is 10.0. The third-order valence-corrected chi connectivity index (χ3v) is 6.44. The van der Waals surface area contributed by atoms with Gasteiger partial charge in [-0.1, -0.05) is 42.5 Å². The van der Waals surface area contributed by atoms with E-state index < -0.39 is 12.0 Å². The van der Waals surface area contributed by atoms with Gasteiger partial charge < -0.3 is 9.67 Å². The highest BCUT2D eigenvalue weighted by Gasteiger charge is 2.26. The Morgan fingerprint density at radius 1 is 1.00 bits per heavy atom. The number of hydrogen-bond donors (Lipinski definition) is 1. The van der Waals surface area contributed by atoms with E-state index in [0.717, 1.165) is 33.3 Å². The number of carbonyl (C=O) groups is 1. The van der Waals surface area contributed by atoms with Crippen LogP contribution in [0.5, 0.6) is 0 Å². The zero-order valence-electron chi connectivity index (χ0n) is 19.4. The molecule has 5 aromatic rings. The summed E-state index contributed by atoms with van der Waals surface area (Å²) in [7, 11) is 2.00. The molecule has 0 aliphatic heterocycles. The van der Waals surface area contributed by atoms with Gasteiger partial charge in [-0.3, -0.25) is 13.9 Å². The second kappa shape index (κ2) is 8.33. The topological polar surface area (TPSA) is 82.1 Å². The van der Waals surface area contributed by atoms with E-state index in [1.165, 1.54) is 0 Å². The van der Waals surface area contributed by atoms with Crippen LogP contribution in [0.1, 0.15) is 34.8 Å². The number of rotatable bonds is 6. The molecular weight excluding hydrogens is 428 g/mol. The van der Waals surface area contributed by atoms with Crippen molar-refractivity contribution in [3.63, 3.8) is 0 Å². The van der Waals surface area contributed by atoms with E-state index in [-0.39, 0.29) is 12.1 Å². The maximum Gasteiger partial charge on any atom is 0.331 e. The van der Waals surface area contributed by atoms with E-state index in [9.17, 15) is 14.7 Å². The summed E-state index contributed by atoms with van der Waals surface area (Å²) in [5.74, 6) is -0.973. The molecule has 0 amide bonds. The van der Waals surface area contributed by atoms with Crippen LogP contribution in [0.2, 0.25) is 0 Å². The van der Waals surface area contributed by atoms with Crippen molar-refractivity contribution in [3.05, 3.63) is 99.7 Å². The van der Waals surface area contributed by atoms with Gasteiger partial charge >= 0.3 is 11.7 Å². The Bertz CT molecular complexity index is 1590. The lowest BCUT2D eigenvalue weighted by Gasteiger charge is -2.17. The number of pyridine rings is 1. The van der Waals surface area contributed by atoms with E-state index in [0.29, 0.717) is 17.7 Å². The number of carboxylic acid groups (broad SMARTS) is 1. The van der Waals surface area contributed by atoms with Crippen molar-refractivity contribution in [2.24, 2.45) is 7.05 Å². The molecule has 7 nitrogen and oxygen atoms in total. The molecule has 1 N–H and O–H groups in total. The fourth-order valence-corrected chi connectivity index (χ4v) is 4.90. The molecule has 3 heterocycles. The van der Waals surface area contributed by atoms with Gasteiger partial charge in [0.25, 0.3) is 0 Å². The molecule has 7 heteroatoms. The monoisotopic (exact) mass is 454 g/mol. The predicted molar refractivity (Wildman–Crippen MR) is 132 cm³/mol. The number of fused-ring (bicyclic) bond motifs is 2. The summed E-state index contributed by atoms with van der Waals surface area (Å²) in [6.45, 7) is 4.30. The summed E-state index contributed by atoms with van der Waals surface area (Å²) in [5, 5.41) is 10.8. The van der Waals surface area contributed by atoms with E-state index in [1.807, 2.05) is 62.5 Å². The van der Waals surface area contributed by atoms with E-state index in [4.69, 9.17) is 0 Å². The molecule has 0 fully saturated rings. The molecule has 0 saturated carbocycles. The number of hydrogen-bond acceptors (Lipinski definition) is 3. The van der Waals surface area contributed by atoms with Gasteiger partial charge in [0.05, 0.1) is 24.5 Å². The molecule has 1 atom stereocenters. The van der Waals surface area contributed by atoms with Crippen LogP contribution >= 0.6 is 0 Å². The number of nitrogens with zero attached hydrogens (tertiary/aromatic N) is 4. The van der Waals surface area contributed by atoms with Gasteiger partial charge in [-0.2, -0.15) is 0 Å². The average Bonchev–Trinajstić information content (AvgIpc) is 3.27. The van der Waals surface area contributed by atoms with E-state index >= 15 is 0 Å². The van der Waals surface area contributed by atoms with Crippen LogP contribution in [0.15, 0.2) is 71.7 Å². The molecule has 0 unspecified atom stereocenters. The number of aryl methyl sites for hydroxylation is 3. The normalized spacial score (nSPS) is 12.4. The molecule has 0 spiro atoms. The molecule has 2 aromatic carbocycles. The van der Waals surface area contributed by atoms with Crippen LogP contribution in [0.4, 0.5) is 0 Å². The predicted octanol–water partition coefficient (Wildman–Crippen LogP) is 4.42. The first kappa shape index (κ1) is 21.7. The smallest absolute Gasteiger partial charge is 0.331 e. The summed E-state index contributed by atoms with van der Waals surface area (Å²) in [6, 6.07) is 18.6. The van der Waals surface area contributed by atoms with Crippen LogP contribution in [0.25, 0.3) is 22.1 Å². The number of imidazole rings is 1. The highest BCUT2D eigenvalue weighted by atomic mass is 16.4. The number of benzene rings is 2. The van der Waals surface area contributed by atoms with Gasteiger partial charge in [0.2, 0.25) is 0 Å². The lowest BCUT2D eigenvalue weighted by Crippen LogP contribution is -2.29. The molecule has 34 heavy (non-hydrogen) atoms. The quantitative estimate of drug-likeness (QED) is 0.412. The third-order valence-electron chi connectivity index (χ3n) is 6.44. The molecule has 172 valence electrons. The zero-order valence-corrected chi connectivity index (χ0v) is 19.4. The molecular formula is C27H26N4O3. The lowest BCUT2D eigenvalue weighted by molar-refractivity contribution is -0.137. The Balaban J connectivity index is 1.75. The molecule has 0 radical (unpaired) electrons. The molecule has 0 bridgehead atoms. The number of aliphatic carboxylic acids is 1. The summed E-state index contributed by atoms with van der Waals surface area (Å²) in [6.07, 6.45) is 1.84. The highest BCUT2D eigenvalue weighted by molar-refractivity contribution is 5.87. The minimum Gasteiger partial charge on any atom is -0.481 e. The van der Waals surface area contributed by atoms with Crippen molar-refractivity contribution in [3.8, 4) is 0 Å². The maximum absolute atomic E-state index is 13.9. The SMILES string of the molecule is Cc1ccc2c(n1)n([C@H](CC(=O)O)c1ccccc1)c(=O)n2Cc1cn(C)c2cccc(C)c12. The fraction of sp³-hybridized carbons (Fsp3) is 0.222. The van der Waals surface area contributed by atoms with Crippen molar-refractivity contribution in [2.75, 3.05) is 0 Å². The van der Waals surface area contributed by atoms with Gasteiger partial charge in [0.15, 0.2) is 5.65 Å². The Hall–Kier alpha value is -4.13. The van der Waals surface area contributed by atoms with E-state index in [2.05, 4.69) is 34.8 Å². The van der Waals surface area contributed by atoms with Crippen molar-refractivity contribution in [1.29, 1.82) is 0 Å². The van der Waals surface area contributed by atoms with Gasteiger partial charge in [0, 0.05) is 29.8 Å². The Labute approximate surface area is 196 Å². The second-order valence-corrected chi connectivity index (χ2v) is 8.79. The third kappa shape index (κ3) is 3.59. The van der Waals surface area contributed by atoms with Crippen LogP contribution in [-0.4, -0.2) is 29.8 Å². The van der Waals surface area contributed by atoms with Crippen molar-refractivity contribution >= 4 is 28.0 Å². The van der Waals surface area contributed by atoms with Crippen LogP contribution in [0.3, 0.4) is 0 Å². The highest BCUT2D eigenvalue weighted by Crippen LogP contribution is 2.28. The van der Waals surface area contributed by atoms with Crippen LogP contribution < -0.4 is 5.69 Å². The molecule has 3 aromatic heterocycles. The van der Waals surface area contributed by atoms with Crippen molar-refractivity contribution in [1.82, 2.24) is 18.7 Å². The standard InChI is InChI=1S/C27H26N4O3/c1-17-8-7-11-21-25(17)20(15-29(21)3)16-30-22-13-12-18(2)28-26(22)31(27(30)34)23(14-24(32)33)19-9-5-4-6-10-19/h4-13,15,23H,14,16H2,1-3H3,(H,32,33)/t23-/m1/s1. The Kier molecular flexibility index (Phi) is 5.32. The largest absolute Gasteiger partial charge is 0.481 e. The van der Waals surface area contributed by atoms with Crippen molar-refractivity contribution in [2.45, 2.75) is 32.9 Å². The molecule has 0 aliphatic carbocycles. The summed E-state index contributed by atoms with van der Waals surface area (Å²) in [5.41, 5.74) is 5.72. The summed E-state index contributed by atoms with van der Waals surface area (Å²) in [4.78, 5) is 30.4. The van der Waals surface area contributed by atoms with Gasteiger partial charge in [-0.25, -0.2) is 9.78 Å².